The molecule has 8 nitrogen and oxygen atoms in total. The van der Waals surface area contributed by atoms with Crippen molar-refractivity contribution in [3.63, 3.8) is 0 Å². The van der Waals surface area contributed by atoms with Crippen LogP contribution >= 0.6 is 12.4 Å². The summed E-state index contributed by atoms with van der Waals surface area (Å²) in [5, 5.41) is 4.84. The number of carbonyl (C=O) groups is 2. The number of rotatable bonds is 6. The highest BCUT2D eigenvalue weighted by atomic mass is 35.5. The third kappa shape index (κ3) is 5.98. The molecule has 1 atom stereocenters. The van der Waals surface area contributed by atoms with Gasteiger partial charge in [0.15, 0.2) is 0 Å². The number of sulfonamides is 1. The van der Waals surface area contributed by atoms with Gasteiger partial charge in [-0.2, -0.15) is 0 Å². The lowest BCUT2D eigenvalue weighted by Gasteiger charge is -2.09. The average Bonchev–Trinajstić information content (AvgIpc) is 2.44. The van der Waals surface area contributed by atoms with E-state index in [1.807, 2.05) is 0 Å². The van der Waals surface area contributed by atoms with Crippen molar-refractivity contribution in [3.8, 4) is 0 Å². The van der Waals surface area contributed by atoms with Crippen LogP contribution in [0.2, 0.25) is 0 Å². The lowest BCUT2D eigenvalue weighted by molar-refractivity contribution is -0.124. The van der Waals surface area contributed by atoms with Crippen LogP contribution < -0.4 is 21.1 Å². The molecule has 1 rings (SSSR count). The SMILES string of the molecule is CNS(=O)(=O)c1cccc(NC(=O)CNC(=O)[C@@H](C)N)c1.Cl. The van der Waals surface area contributed by atoms with Gasteiger partial charge in [-0.1, -0.05) is 6.07 Å². The Kier molecular flexibility index (Phi) is 8.02. The molecule has 5 N–H and O–H groups in total. The van der Waals surface area contributed by atoms with Gasteiger partial charge >= 0.3 is 0 Å². The summed E-state index contributed by atoms with van der Waals surface area (Å²) in [6, 6.07) is 5.05. The van der Waals surface area contributed by atoms with Crippen LogP contribution in [0.5, 0.6) is 0 Å². The molecule has 0 fully saturated rings. The van der Waals surface area contributed by atoms with Crippen LogP contribution in [0, 0.1) is 0 Å². The van der Waals surface area contributed by atoms with Crippen molar-refractivity contribution >= 4 is 39.9 Å². The third-order valence-electron chi connectivity index (χ3n) is 2.53. The van der Waals surface area contributed by atoms with E-state index in [-0.39, 0.29) is 23.8 Å². The Labute approximate surface area is 135 Å². The van der Waals surface area contributed by atoms with E-state index in [9.17, 15) is 18.0 Å². The van der Waals surface area contributed by atoms with Gasteiger partial charge in [0, 0.05) is 5.69 Å². The molecule has 0 aliphatic rings. The van der Waals surface area contributed by atoms with Gasteiger partial charge in [0.25, 0.3) is 0 Å². The molecule has 0 aromatic heterocycles. The number of anilines is 1. The van der Waals surface area contributed by atoms with Crippen LogP contribution in [-0.2, 0) is 19.6 Å². The fourth-order valence-corrected chi connectivity index (χ4v) is 2.17. The molecule has 10 heteroatoms. The van der Waals surface area contributed by atoms with Gasteiger partial charge in [0.2, 0.25) is 21.8 Å². The van der Waals surface area contributed by atoms with Crippen LogP contribution in [0.15, 0.2) is 29.2 Å². The Morgan fingerprint density at radius 2 is 1.95 bits per heavy atom. The second kappa shape index (κ2) is 8.69. The van der Waals surface area contributed by atoms with Gasteiger partial charge in [0.05, 0.1) is 17.5 Å². The average molecular weight is 351 g/mol. The van der Waals surface area contributed by atoms with Crippen LogP contribution in [0.3, 0.4) is 0 Å². The monoisotopic (exact) mass is 350 g/mol. The highest BCUT2D eigenvalue weighted by molar-refractivity contribution is 7.89. The zero-order chi connectivity index (χ0) is 16.0. The van der Waals surface area contributed by atoms with E-state index in [2.05, 4.69) is 15.4 Å². The molecule has 124 valence electrons. The minimum atomic E-state index is -3.58. The molecule has 0 aliphatic heterocycles. The van der Waals surface area contributed by atoms with E-state index in [1.54, 1.807) is 6.07 Å². The second-order valence-corrected chi connectivity index (χ2v) is 6.18. The predicted octanol–water partition coefficient (Wildman–Crippen LogP) is -0.582. The smallest absolute Gasteiger partial charge is 0.243 e. The van der Waals surface area contributed by atoms with Crippen molar-refractivity contribution in [2.45, 2.75) is 17.9 Å². The zero-order valence-electron chi connectivity index (χ0n) is 12.1. The molecular weight excluding hydrogens is 332 g/mol. The maximum absolute atomic E-state index is 11.6. The van der Waals surface area contributed by atoms with Crippen molar-refractivity contribution in [2.75, 3.05) is 18.9 Å². The molecule has 0 spiro atoms. The van der Waals surface area contributed by atoms with E-state index in [0.29, 0.717) is 5.69 Å². The number of hydrogen-bond donors (Lipinski definition) is 4. The minimum Gasteiger partial charge on any atom is -0.346 e. The number of benzene rings is 1. The summed E-state index contributed by atoms with van der Waals surface area (Å²) < 4.78 is 25.4. The Hall–Kier alpha value is -1.68. The Morgan fingerprint density at radius 3 is 2.50 bits per heavy atom. The van der Waals surface area contributed by atoms with Crippen molar-refractivity contribution in [3.05, 3.63) is 24.3 Å². The first kappa shape index (κ1) is 20.3. The van der Waals surface area contributed by atoms with E-state index >= 15 is 0 Å². The van der Waals surface area contributed by atoms with Gasteiger partial charge in [0.1, 0.15) is 0 Å². The second-order valence-electron chi connectivity index (χ2n) is 4.29. The minimum absolute atomic E-state index is 0. The molecule has 0 saturated heterocycles. The largest absolute Gasteiger partial charge is 0.346 e. The molecule has 22 heavy (non-hydrogen) atoms. The third-order valence-corrected chi connectivity index (χ3v) is 3.95. The first-order valence-corrected chi connectivity index (χ1v) is 7.61. The first-order chi connectivity index (χ1) is 9.76. The topological polar surface area (TPSA) is 130 Å². The first-order valence-electron chi connectivity index (χ1n) is 6.13. The highest BCUT2D eigenvalue weighted by Crippen LogP contribution is 2.14. The molecule has 1 aromatic carbocycles. The Morgan fingerprint density at radius 1 is 1.32 bits per heavy atom. The van der Waals surface area contributed by atoms with Crippen LogP contribution in [0.4, 0.5) is 5.69 Å². The number of halogens is 1. The molecule has 0 aliphatic carbocycles. The molecule has 0 saturated carbocycles. The fourth-order valence-electron chi connectivity index (χ4n) is 1.39. The van der Waals surface area contributed by atoms with E-state index in [4.69, 9.17) is 5.73 Å². The number of hydrogen-bond acceptors (Lipinski definition) is 5. The summed E-state index contributed by atoms with van der Waals surface area (Å²) >= 11 is 0. The van der Waals surface area contributed by atoms with Crippen molar-refractivity contribution in [2.24, 2.45) is 5.73 Å². The van der Waals surface area contributed by atoms with Gasteiger partial charge in [-0.05, 0) is 32.2 Å². The summed E-state index contributed by atoms with van der Waals surface area (Å²) in [5.41, 5.74) is 5.65. The van der Waals surface area contributed by atoms with Crippen molar-refractivity contribution in [1.29, 1.82) is 0 Å². The normalized spacial score (nSPS) is 12.0. The Bertz CT molecular complexity index is 634. The maximum atomic E-state index is 11.6. The van der Waals surface area contributed by atoms with E-state index in [1.165, 1.54) is 32.2 Å². The molecule has 0 heterocycles. The van der Waals surface area contributed by atoms with Gasteiger partial charge in [-0.15, -0.1) is 12.4 Å². The summed E-state index contributed by atoms with van der Waals surface area (Å²) in [6.07, 6.45) is 0. The zero-order valence-corrected chi connectivity index (χ0v) is 13.8. The Balaban J connectivity index is 0.00000441. The quantitative estimate of drug-likeness (QED) is 0.545. The number of nitrogens with two attached hydrogens (primary N) is 1. The van der Waals surface area contributed by atoms with Crippen LogP contribution in [0.25, 0.3) is 0 Å². The van der Waals surface area contributed by atoms with Gasteiger partial charge < -0.3 is 16.4 Å². The van der Waals surface area contributed by atoms with Crippen LogP contribution in [0.1, 0.15) is 6.92 Å². The number of carbonyl (C=O) groups excluding carboxylic acids is 2. The molecule has 2 amide bonds. The molecule has 0 bridgehead atoms. The summed E-state index contributed by atoms with van der Waals surface area (Å²) in [6.45, 7) is 1.25. The summed E-state index contributed by atoms with van der Waals surface area (Å²) in [5.74, 6) is -0.931. The van der Waals surface area contributed by atoms with Crippen molar-refractivity contribution in [1.82, 2.24) is 10.0 Å². The lowest BCUT2D eigenvalue weighted by atomic mass is 10.3. The van der Waals surface area contributed by atoms with Gasteiger partial charge in [-0.3, -0.25) is 9.59 Å². The lowest BCUT2D eigenvalue weighted by Crippen LogP contribution is -2.41. The highest BCUT2D eigenvalue weighted by Gasteiger charge is 2.13. The van der Waals surface area contributed by atoms with E-state index < -0.39 is 27.9 Å². The standard InChI is InChI=1S/C12H18N4O4S.ClH/c1-8(13)12(18)15-7-11(17)16-9-4-3-5-10(6-9)21(19,20)14-2;/h3-6,8,14H,7,13H2,1-2H3,(H,15,18)(H,16,17);1H/t8-;/m1./s1. The molecule has 1 aromatic rings. The van der Waals surface area contributed by atoms with Crippen LogP contribution in [-0.4, -0.2) is 39.9 Å². The fraction of sp³-hybridized carbons (Fsp3) is 0.333. The van der Waals surface area contributed by atoms with Crippen molar-refractivity contribution < 1.29 is 18.0 Å². The number of nitrogens with one attached hydrogen (secondary N) is 3. The number of amides is 2. The molecule has 0 radical (unpaired) electrons. The molecule has 0 unspecified atom stereocenters. The molecular formula is C12H19ClN4O4S. The predicted molar refractivity (Wildman–Crippen MR) is 85.2 cm³/mol. The summed E-state index contributed by atoms with van der Waals surface area (Å²) in [7, 11) is -2.29. The maximum Gasteiger partial charge on any atom is 0.243 e. The summed E-state index contributed by atoms with van der Waals surface area (Å²) in [4.78, 5) is 22.9. The van der Waals surface area contributed by atoms with Gasteiger partial charge in [-0.25, -0.2) is 13.1 Å². The van der Waals surface area contributed by atoms with E-state index in [0.717, 1.165) is 0 Å².